The third-order valence-electron chi connectivity index (χ3n) is 5.11. The second-order valence-electron chi connectivity index (χ2n) is 6.77. The van der Waals surface area contributed by atoms with Crippen LogP contribution in [0.15, 0.2) is 30.3 Å². The molecular weight excluding hydrogens is 322 g/mol. The minimum absolute atomic E-state index is 0.00741. The monoisotopic (exact) mass is 345 g/mol. The first-order chi connectivity index (χ1) is 12.0. The summed E-state index contributed by atoms with van der Waals surface area (Å²) in [5.74, 6) is -1.69. The van der Waals surface area contributed by atoms with Crippen LogP contribution in [0.25, 0.3) is 0 Å². The van der Waals surface area contributed by atoms with Gasteiger partial charge in [0.1, 0.15) is 0 Å². The Balaban J connectivity index is 1.64. The molecule has 25 heavy (non-hydrogen) atoms. The van der Waals surface area contributed by atoms with Crippen LogP contribution in [0.3, 0.4) is 0 Å². The zero-order chi connectivity index (χ0) is 18.0. The highest BCUT2D eigenvalue weighted by Crippen LogP contribution is 2.33. The fraction of sp³-hybridized carbons (Fsp3) is 0.500. The van der Waals surface area contributed by atoms with Gasteiger partial charge in [-0.15, -0.1) is 0 Å². The molecule has 0 saturated carbocycles. The zero-order valence-electron chi connectivity index (χ0n) is 14.2. The molecule has 0 aromatic heterocycles. The highest BCUT2D eigenvalue weighted by molar-refractivity contribution is 5.79. The third kappa shape index (κ3) is 3.75. The first-order valence-electron chi connectivity index (χ1n) is 8.54. The van der Waals surface area contributed by atoms with Crippen molar-refractivity contribution in [2.45, 2.75) is 25.3 Å². The number of carboxylic acid groups (broad SMARTS) is 1. The number of benzene rings is 1. The molecule has 2 saturated heterocycles. The maximum atomic E-state index is 12.5. The molecule has 134 valence electrons. The second kappa shape index (κ2) is 7.13. The molecule has 2 aliphatic rings. The van der Waals surface area contributed by atoms with E-state index in [1.807, 2.05) is 30.3 Å². The van der Waals surface area contributed by atoms with Gasteiger partial charge in [-0.2, -0.15) is 0 Å². The third-order valence-corrected chi connectivity index (χ3v) is 5.11. The molecule has 2 heterocycles. The summed E-state index contributed by atoms with van der Waals surface area (Å²) in [7, 11) is 0. The van der Waals surface area contributed by atoms with Crippen molar-refractivity contribution in [1.29, 1.82) is 0 Å². The predicted octanol–water partition coefficient (Wildman–Crippen LogP) is 1.12. The molecule has 2 aliphatic heterocycles. The number of rotatable bonds is 3. The number of carboxylic acids is 1. The van der Waals surface area contributed by atoms with Crippen LogP contribution in [0.4, 0.5) is 4.79 Å². The maximum Gasteiger partial charge on any atom is 0.317 e. The van der Waals surface area contributed by atoms with Crippen molar-refractivity contribution < 1.29 is 19.5 Å². The summed E-state index contributed by atoms with van der Waals surface area (Å²) >= 11 is 0. The van der Waals surface area contributed by atoms with Gasteiger partial charge in [0.2, 0.25) is 5.91 Å². The lowest BCUT2D eigenvalue weighted by Crippen LogP contribution is -2.45. The first-order valence-corrected chi connectivity index (χ1v) is 8.54. The first kappa shape index (κ1) is 17.3. The molecule has 1 aromatic carbocycles. The molecule has 0 aliphatic carbocycles. The van der Waals surface area contributed by atoms with E-state index in [1.165, 1.54) is 6.92 Å². The summed E-state index contributed by atoms with van der Waals surface area (Å²) in [5, 5.41) is 12.5. The minimum atomic E-state index is -0.882. The molecule has 7 heteroatoms. The van der Waals surface area contributed by atoms with E-state index in [0.717, 1.165) is 12.0 Å². The fourth-order valence-corrected chi connectivity index (χ4v) is 3.69. The summed E-state index contributed by atoms with van der Waals surface area (Å²) in [6.07, 6.45) is 0.726. The van der Waals surface area contributed by atoms with Crippen molar-refractivity contribution in [1.82, 2.24) is 15.1 Å². The molecule has 3 rings (SSSR count). The fourth-order valence-electron chi connectivity index (χ4n) is 3.69. The molecule has 1 aromatic rings. The Hall–Kier alpha value is -2.57. The molecule has 3 atom stereocenters. The van der Waals surface area contributed by atoms with Crippen LogP contribution in [0, 0.1) is 5.92 Å². The SMILES string of the molecule is CC(=O)N1CC[C@@H](NC(=O)N2C[C@H](C(=O)O)[C@@H](c3ccccc3)C2)C1. The number of aliphatic carboxylic acids is 1. The molecule has 0 unspecified atom stereocenters. The van der Waals surface area contributed by atoms with Gasteiger partial charge >= 0.3 is 12.0 Å². The van der Waals surface area contributed by atoms with Gasteiger partial charge in [-0.25, -0.2) is 4.79 Å². The van der Waals surface area contributed by atoms with Crippen molar-refractivity contribution >= 4 is 17.9 Å². The Bertz CT molecular complexity index is 664. The number of nitrogens with zero attached hydrogens (tertiary/aromatic N) is 2. The largest absolute Gasteiger partial charge is 0.481 e. The van der Waals surface area contributed by atoms with E-state index >= 15 is 0 Å². The standard InChI is InChI=1S/C18H23N3O4/c1-12(22)20-8-7-14(9-20)19-18(25)21-10-15(16(11-21)17(23)24)13-5-3-2-4-6-13/h2-6,14-16H,7-11H2,1H3,(H,19,25)(H,23,24)/t14-,15-,16+/m1/s1. The Morgan fingerprint density at radius 1 is 1.08 bits per heavy atom. The van der Waals surface area contributed by atoms with Gasteiger partial charge in [-0.05, 0) is 12.0 Å². The van der Waals surface area contributed by atoms with Gasteiger partial charge in [0.15, 0.2) is 0 Å². The lowest BCUT2D eigenvalue weighted by molar-refractivity contribution is -0.141. The van der Waals surface area contributed by atoms with E-state index in [1.54, 1.807) is 9.80 Å². The molecule has 7 nitrogen and oxygen atoms in total. The summed E-state index contributed by atoms with van der Waals surface area (Å²) in [4.78, 5) is 38.8. The lowest BCUT2D eigenvalue weighted by atomic mass is 9.89. The number of carbonyl (C=O) groups is 3. The average molecular weight is 345 g/mol. The van der Waals surface area contributed by atoms with Crippen molar-refractivity contribution in [3.63, 3.8) is 0 Å². The van der Waals surface area contributed by atoms with E-state index in [-0.39, 0.29) is 30.4 Å². The molecule has 0 radical (unpaired) electrons. The zero-order valence-corrected chi connectivity index (χ0v) is 14.2. The quantitative estimate of drug-likeness (QED) is 0.859. The highest BCUT2D eigenvalue weighted by atomic mass is 16.4. The minimum Gasteiger partial charge on any atom is -0.481 e. The number of amides is 3. The molecule has 0 bridgehead atoms. The molecule has 0 spiro atoms. The van der Waals surface area contributed by atoms with Crippen LogP contribution in [-0.4, -0.2) is 65.0 Å². The van der Waals surface area contributed by atoms with Gasteiger partial charge in [-0.3, -0.25) is 9.59 Å². The van der Waals surface area contributed by atoms with Crippen molar-refractivity contribution in [3.8, 4) is 0 Å². The Morgan fingerprint density at radius 2 is 1.80 bits per heavy atom. The summed E-state index contributed by atoms with van der Waals surface area (Å²) in [5.41, 5.74) is 0.939. The normalized spacial score (nSPS) is 25.9. The predicted molar refractivity (Wildman–Crippen MR) is 91.1 cm³/mol. The summed E-state index contributed by atoms with van der Waals surface area (Å²) in [6, 6.07) is 9.14. The number of likely N-dealkylation sites (tertiary alicyclic amines) is 2. The number of nitrogens with one attached hydrogen (secondary N) is 1. The number of carbonyl (C=O) groups excluding carboxylic acids is 2. The number of hydrogen-bond acceptors (Lipinski definition) is 3. The van der Waals surface area contributed by atoms with Crippen molar-refractivity contribution in [2.24, 2.45) is 5.92 Å². The van der Waals surface area contributed by atoms with E-state index in [0.29, 0.717) is 19.6 Å². The smallest absolute Gasteiger partial charge is 0.317 e. The molecule has 2 N–H and O–H groups in total. The molecule has 2 fully saturated rings. The second-order valence-corrected chi connectivity index (χ2v) is 6.77. The van der Waals surface area contributed by atoms with Crippen LogP contribution in [-0.2, 0) is 9.59 Å². The van der Waals surface area contributed by atoms with Gasteiger partial charge in [0.05, 0.1) is 5.92 Å². The lowest BCUT2D eigenvalue weighted by Gasteiger charge is -2.21. The Morgan fingerprint density at radius 3 is 2.40 bits per heavy atom. The van der Waals surface area contributed by atoms with Crippen molar-refractivity contribution in [3.05, 3.63) is 35.9 Å². The van der Waals surface area contributed by atoms with Gasteiger partial charge in [0.25, 0.3) is 0 Å². The number of hydrogen-bond donors (Lipinski definition) is 2. The summed E-state index contributed by atoms with van der Waals surface area (Å²) in [6.45, 7) is 3.26. The van der Waals surface area contributed by atoms with E-state index in [2.05, 4.69) is 5.32 Å². The van der Waals surface area contributed by atoms with E-state index in [4.69, 9.17) is 0 Å². The average Bonchev–Trinajstić information content (AvgIpc) is 3.22. The number of urea groups is 1. The topological polar surface area (TPSA) is 90.0 Å². The van der Waals surface area contributed by atoms with Crippen molar-refractivity contribution in [2.75, 3.05) is 26.2 Å². The van der Waals surface area contributed by atoms with Gasteiger partial charge in [-0.1, -0.05) is 30.3 Å². The van der Waals surface area contributed by atoms with Crippen LogP contribution in [0.1, 0.15) is 24.8 Å². The van der Waals surface area contributed by atoms with Gasteiger partial charge in [0, 0.05) is 45.1 Å². The molecular formula is C18H23N3O4. The van der Waals surface area contributed by atoms with Crippen LogP contribution < -0.4 is 5.32 Å². The maximum absolute atomic E-state index is 12.5. The Kier molecular flexibility index (Phi) is 4.92. The summed E-state index contributed by atoms with van der Waals surface area (Å²) < 4.78 is 0. The van der Waals surface area contributed by atoms with Crippen LogP contribution >= 0.6 is 0 Å². The van der Waals surface area contributed by atoms with Gasteiger partial charge < -0.3 is 20.2 Å². The van der Waals surface area contributed by atoms with E-state index < -0.39 is 11.9 Å². The molecule has 3 amide bonds. The van der Waals surface area contributed by atoms with Crippen LogP contribution in [0.2, 0.25) is 0 Å². The van der Waals surface area contributed by atoms with Crippen LogP contribution in [0.5, 0.6) is 0 Å². The van der Waals surface area contributed by atoms with E-state index in [9.17, 15) is 19.5 Å². The Labute approximate surface area is 146 Å². The highest BCUT2D eigenvalue weighted by Gasteiger charge is 2.41.